The first kappa shape index (κ1) is 18.9. The zero-order chi connectivity index (χ0) is 19.2. The zero-order valence-corrected chi connectivity index (χ0v) is 16.0. The largest absolute Gasteiger partial charge is 0.459 e. The second kappa shape index (κ2) is 8.66. The number of carbonyl (C=O) groups is 2. The number of halogens is 2. The van der Waals surface area contributed by atoms with Gasteiger partial charge in [-0.3, -0.25) is 4.79 Å². The fourth-order valence-corrected chi connectivity index (χ4v) is 2.53. The number of hydrazone groups is 1. The van der Waals surface area contributed by atoms with Crippen molar-refractivity contribution in [2.45, 2.75) is 0 Å². The summed E-state index contributed by atoms with van der Waals surface area (Å²) in [4.78, 5) is 24.1. The molecular formula is C19H12BrClN2O4. The number of nitrogens with zero attached hydrogens (tertiary/aromatic N) is 1. The molecule has 0 fully saturated rings. The third kappa shape index (κ3) is 5.06. The van der Waals surface area contributed by atoms with Crippen LogP contribution in [0, 0.1) is 0 Å². The molecule has 1 aromatic heterocycles. The average molecular weight is 448 g/mol. The molecule has 0 aliphatic carbocycles. The van der Waals surface area contributed by atoms with Gasteiger partial charge in [0.2, 0.25) is 0 Å². The van der Waals surface area contributed by atoms with Crippen molar-refractivity contribution in [2.24, 2.45) is 5.10 Å². The van der Waals surface area contributed by atoms with Crippen molar-refractivity contribution in [3.8, 4) is 5.75 Å². The van der Waals surface area contributed by atoms with Crippen LogP contribution in [0.4, 0.5) is 0 Å². The van der Waals surface area contributed by atoms with E-state index in [1.54, 1.807) is 48.5 Å². The van der Waals surface area contributed by atoms with Crippen LogP contribution in [0.1, 0.15) is 26.5 Å². The molecule has 6 nitrogen and oxygen atoms in total. The van der Waals surface area contributed by atoms with E-state index in [1.165, 1.54) is 18.5 Å². The van der Waals surface area contributed by atoms with Crippen molar-refractivity contribution in [3.05, 3.63) is 87.2 Å². The highest BCUT2D eigenvalue weighted by Gasteiger charge is 2.12. The predicted octanol–water partition coefficient (Wildman–Crippen LogP) is 4.68. The van der Waals surface area contributed by atoms with Crippen molar-refractivity contribution in [1.82, 2.24) is 5.43 Å². The second-order valence-corrected chi connectivity index (χ2v) is 6.61. The minimum Gasteiger partial charge on any atom is -0.459 e. The highest BCUT2D eigenvalue weighted by molar-refractivity contribution is 9.10. The van der Waals surface area contributed by atoms with Gasteiger partial charge >= 0.3 is 11.9 Å². The summed E-state index contributed by atoms with van der Waals surface area (Å²) >= 11 is 9.31. The van der Waals surface area contributed by atoms with Gasteiger partial charge in [0, 0.05) is 15.1 Å². The number of carbonyl (C=O) groups excluding carboxylic acids is 2. The highest BCUT2D eigenvalue weighted by Crippen LogP contribution is 2.23. The Hall–Kier alpha value is -2.90. The molecule has 2 aromatic carbocycles. The van der Waals surface area contributed by atoms with Gasteiger partial charge in [0.05, 0.1) is 18.0 Å². The molecular weight excluding hydrogens is 436 g/mol. The number of hydrogen-bond acceptors (Lipinski definition) is 5. The van der Waals surface area contributed by atoms with Crippen LogP contribution in [0.2, 0.25) is 5.02 Å². The number of benzene rings is 2. The minimum absolute atomic E-state index is 0.125. The van der Waals surface area contributed by atoms with E-state index < -0.39 is 11.9 Å². The van der Waals surface area contributed by atoms with Crippen LogP contribution in [0.25, 0.3) is 0 Å². The number of rotatable bonds is 5. The van der Waals surface area contributed by atoms with Crippen LogP contribution in [0.5, 0.6) is 5.75 Å². The molecule has 1 amide bonds. The van der Waals surface area contributed by atoms with Crippen LogP contribution in [0.15, 0.2) is 74.9 Å². The van der Waals surface area contributed by atoms with E-state index in [2.05, 4.69) is 26.5 Å². The Bertz CT molecular complexity index is 985. The molecule has 0 spiro atoms. The van der Waals surface area contributed by atoms with Crippen molar-refractivity contribution in [2.75, 3.05) is 0 Å². The van der Waals surface area contributed by atoms with Gasteiger partial charge in [-0.25, -0.2) is 10.2 Å². The molecule has 0 saturated carbocycles. The Morgan fingerprint density at radius 2 is 1.93 bits per heavy atom. The lowest BCUT2D eigenvalue weighted by molar-refractivity contribution is 0.0734. The van der Waals surface area contributed by atoms with Gasteiger partial charge in [0.1, 0.15) is 5.75 Å². The van der Waals surface area contributed by atoms with Crippen molar-refractivity contribution in [3.63, 3.8) is 0 Å². The van der Waals surface area contributed by atoms with Crippen molar-refractivity contribution in [1.29, 1.82) is 0 Å². The number of furan rings is 1. The average Bonchev–Trinajstić information content (AvgIpc) is 3.19. The first-order chi connectivity index (χ1) is 13.0. The predicted molar refractivity (Wildman–Crippen MR) is 104 cm³/mol. The fraction of sp³-hybridized carbons (Fsp3) is 0. The third-order valence-electron chi connectivity index (χ3n) is 3.37. The summed E-state index contributed by atoms with van der Waals surface area (Å²) in [5.41, 5.74) is 3.13. The topological polar surface area (TPSA) is 80.9 Å². The first-order valence-corrected chi connectivity index (χ1v) is 8.84. The van der Waals surface area contributed by atoms with Gasteiger partial charge < -0.3 is 9.15 Å². The molecule has 0 saturated heterocycles. The maximum Gasteiger partial charge on any atom is 0.343 e. The summed E-state index contributed by atoms with van der Waals surface area (Å²) in [6.45, 7) is 0. The molecule has 0 radical (unpaired) electrons. The Labute approximate surface area is 167 Å². The van der Waals surface area contributed by atoms with Gasteiger partial charge in [0.15, 0.2) is 5.76 Å². The zero-order valence-electron chi connectivity index (χ0n) is 13.7. The van der Waals surface area contributed by atoms with Gasteiger partial charge in [0.25, 0.3) is 0 Å². The fourth-order valence-electron chi connectivity index (χ4n) is 2.08. The second-order valence-electron chi connectivity index (χ2n) is 5.25. The van der Waals surface area contributed by atoms with E-state index in [0.717, 1.165) is 4.47 Å². The number of nitrogens with one attached hydrogen (secondary N) is 1. The summed E-state index contributed by atoms with van der Waals surface area (Å²) in [7, 11) is 0. The first-order valence-electron chi connectivity index (χ1n) is 7.67. The molecule has 3 rings (SSSR count). The van der Waals surface area contributed by atoms with E-state index in [-0.39, 0.29) is 11.5 Å². The summed E-state index contributed by atoms with van der Waals surface area (Å²) < 4.78 is 11.2. The van der Waals surface area contributed by atoms with Crippen LogP contribution in [0.3, 0.4) is 0 Å². The Kier molecular flexibility index (Phi) is 6.05. The van der Waals surface area contributed by atoms with Crippen molar-refractivity contribution >= 4 is 45.6 Å². The Morgan fingerprint density at radius 3 is 2.63 bits per heavy atom. The van der Waals surface area contributed by atoms with Crippen LogP contribution in [-0.2, 0) is 0 Å². The van der Waals surface area contributed by atoms with Crippen LogP contribution in [-0.4, -0.2) is 18.1 Å². The normalized spacial score (nSPS) is 10.7. The summed E-state index contributed by atoms with van der Waals surface area (Å²) in [6.07, 6.45) is 2.71. The van der Waals surface area contributed by atoms with E-state index in [4.69, 9.17) is 20.8 Å². The molecule has 27 heavy (non-hydrogen) atoms. The lowest BCUT2D eigenvalue weighted by Gasteiger charge is -2.08. The molecule has 0 unspecified atom stereocenters. The molecule has 1 heterocycles. The van der Waals surface area contributed by atoms with E-state index >= 15 is 0 Å². The maximum absolute atomic E-state index is 12.3. The van der Waals surface area contributed by atoms with E-state index in [1.807, 2.05) is 0 Å². The molecule has 136 valence electrons. The summed E-state index contributed by atoms with van der Waals surface area (Å²) in [6, 6.07) is 14.6. The lowest BCUT2D eigenvalue weighted by atomic mass is 10.2. The SMILES string of the molecule is O=C(Oc1ccc(Cl)cc1/C=N/NC(=O)c1ccco1)c1ccc(Br)cc1. The van der Waals surface area contributed by atoms with Crippen LogP contribution < -0.4 is 10.2 Å². The van der Waals surface area contributed by atoms with E-state index in [0.29, 0.717) is 16.1 Å². The van der Waals surface area contributed by atoms with Gasteiger partial charge in [-0.05, 0) is 54.6 Å². The summed E-state index contributed by atoms with van der Waals surface area (Å²) in [5, 5.41) is 4.28. The maximum atomic E-state index is 12.3. The smallest absolute Gasteiger partial charge is 0.343 e. The van der Waals surface area contributed by atoms with Gasteiger partial charge in [-0.2, -0.15) is 5.10 Å². The van der Waals surface area contributed by atoms with Gasteiger partial charge in [-0.15, -0.1) is 0 Å². The molecule has 3 aromatic rings. The highest BCUT2D eigenvalue weighted by atomic mass is 79.9. The minimum atomic E-state index is -0.529. The third-order valence-corrected chi connectivity index (χ3v) is 4.13. The van der Waals surface area contributed by atoms with Crippen LogP contribution >= 0.6 is 27.5 Å². The standard InChI is InChI=1S/C19H12BrClN2O4/c20-14-5-3-12(4-6-14)19(25)27-16-8-7-15(21)10-13(16)11-22-23-18(24)17-2-1-9-26-17/h1-11H,(H,23,24)/b22-11+. The quantitative estimate of drug-likeness (QED) is 0.266. The molecule has 0 aliphatic heterocycles. The van der Waals surface area contributed by atoms with Crippen molar-refractivity contribution < 1.29 is 18.7 Å². The molecule has 0 aliphatic rings. The monoisotopic (exact) mass is 446 g/mol. The summed E-state index contributed by atoms with van der Waals surface area (Å²) in [5.74, 6) is -0.658. The number of hydrogen-bond donors (Lipinski definition) is 1. The number of ether oxygens (including phenoxy) is 1. The molecule has 8 heteroatoms. The number of amides is 1. The lowest BCUT2D eigenvalue weighted by Crippen LogP contribution is -2.17. The molecule has 0 atom stereocenters. The Morgan fingerprint density at radius 1 is 1.15 bits per heavy atom. The number of esters is 1. The Balaban J connectivity index is 1.74. The van der Waals surface area contributed by atoms with Gasteiger partial charge in [-0.1, -0.05) is 27.5 Å². The molecule has 0 bridgehead atoms. The van der Waals surface area contributed by atoms with E-state index in [9.17, 15) is 9.59 Å². The molecule has 1 N–H and O–H groups in total.